The van der Waals surface area contributed by atoms with Crippen molar-refractivity contribution in [1.82, 2.24) is 5.32 Å². The van der Waals surface area contributed by atoms with Gasteiger partial charge in [0.15, 0.2) is 11.8 Å². The molecule has 0 saturated carbocycles. The number of thioether (sulfide) groups is 1. The molecule has 0 fully saturated rings. The van der Waals surface area contributed by atoms with Crippen LogP contribution >= 0.6 is 11.8 Å². The molecule has 1 aromatic carbocycles. The van der Waals surface area contributed by atoms with Crippen LogP contribution in [-0.4, -0.2) is 30.0 Å². The molecule has 1 aliphatic heterocycles. The number of hydrogen-bond donors (Lipinski definition) is 1. The van der Waals surface area contributed by atoms with E-state index in [9.17, 15) is 9.18 Å². The third-order valence-electron chi connectivity index (χ3n) is 2.00. The van der Waals surface area contributed by atoms with E-state index in [0.717, 1.165) is 12.3 Å². The maximum Gasteiger partial charge on any atom is 0.263 e. The van der Waals surface area contributed by atoms with Crippen LogP contribution in [0.4, 0.5) is 4.39 Å². The Morgan fingerprint density at radius 1 is 1.59 bits per heavy atom. The summed E-state index contributed by atoms with van der Waals surface area (Å²) in [5, 5.41) is 3.24. The second kappa shape index (κ2) is 5.67. The fraction of sp³-hybridized carbons (Fsp3) is 0.273. The van der Waals surface area contributed by atoms with Gasteiger partial charge in [-0.15, -0.1) is 0 Å². The summed E-state index contributed by atoms with van der Waals surface area (Å²) in [6.07, 6.45) is 0. The van der Waals surface area contributed by atoms with E-state index in [1.165, 1.54) is 30.0 Å². The zero-order valence-electron chi connectivity index (χ0n) is 8.98. The topological polar surface area (TPSA) is 50.7 Å². The molecule has 0 radical (unpaired) electrons. The number of hydrogen-bond acceptors (Lipinski definition) is 4. The lowest BCUT2D eigenvalue weighted by Gasteiger charge is -2.06. The molecule has 90 valence electrons. The molecule has 0 aromatic heterocycles. The Balaban J connectivity index is 1.79. The molecule has 0 saturated heterocycles. The first-order chi connectivity index (χ1) is 8.24. The fourth-order valence-electron chi connectivity index (χ4n) is 1.27. The summed E-state index contributed by atoms with van der Waals surface area (Å²) < 4.78 is 18.0. The molecule has 0 aliphatic carbocycles. The molecule has 0 unspecified atom stereocenters. The van der Waals surface area contributed by atoms with Crippen molar-refractivity contribution in [3.8, 4) is 5.75 Å². The lowest BCUT2D eigenvalue weighted by atomic mass is 10.3. The molecular formula is C11H11FN2O2S. The third-order valence-corrected chi connectivity index (χ3v) is 2.89. The second-order valence-corrected chi connectivity index (χ2v) is 4.41. The predicted molar refractivity (Wildman–Crippen MR) is 64.8 cm³/mol. The smallest absolute Gasteiger partial charge is 0.263 e. The highest BCUT2D eigenvalue weighted by atomic mass is 32.2. The lowest BCUT2D eigenvalue weighted by molar-refractivity contribution is -0.121. The van der Waals surface area contributed by atoms with Gasteiger partial charge in [0.25, 0.3) is 5.91 Å². The van der Waals surface area contributed by atoms with Crippen molar-refractivity contribution in [2.45, 2.75) is 0 Å². The highest BCUT2D eigenvalue weighted by Crippen LogP contribution is 2.12. The van der Waals surface area contributed by atoms with Crippen LogP contribution < -0.4 is 10.1 Å². The van der Waals surface area contributed by atoms with Crippen molar-refractivity contribution in [2.75, 3.05) is 18.9 Å². The van der Waals surface area contributed by atoms with Crippen molar-refractivity contribution < 1.29 is 13.9 Å². The predicted octanol–water partition coefficient (Wildman–Crippen LogP) is 1.42. The summed E-state index contributed by atoms with van der Waals surface area (Å²) in [5.41, 5.74) is 0. The van der Waals surface area contributed by atoms with Gasteiger partial charge in [-0.3, -0.25) is 9.79 Å². The van der Waals surface area contributed by atoms with Crippen LogP contribution in [0.1, 0.15) is 0 Å². The number of carbonyl (C=O) groups is 1. The minimum atomic E-state index is -0.390. The first kappa shape index (κ1) is 11.9. The average molecular weight is 254 g/mol. The fourth-order valence-corrected chi connectivity index (χ4v) is 2.02. The van der Waals surface area contributed by atoms with Crippen molar-refractivity contribution >= 4 is 22.8 Å². The molecule has 1 heterocycles. The van der Waals surface area contributed by atoms with Gasteiger partial charge in [-0.05, 0) is 12.1 Å². The number of amides is 1. The highest BCUT2D eigenvalue weighted by molar-refractivity contribution is 8.14. The first-order valence-electron chi connectivity index (χ1n) is 5.09. The standard InChI is InChI=1S/C11H11FN2O2S/c12-8-2-1-3-9(6-8)16-7-10(15)14-11-13-4-5-17-11/h1-3,6H,4-5,7H2,(H,13,14,15). The van der Waals surface area contributed by atoms with Gasteiger partial charge < -0.3 is 10.1 Å². The molecular weight excluding hydrogens is 243 g/mol. The number of halogens is 1. The van der Waals surface area contributed by atoms with Gasteiger partial charge in [0.1, 0.15) is 11.6 Å². The molecule has 0 atom stereocenters. The van der Waals surface area contributed by atoms with Gasteiger partial charge in [-0.2, -0.15) is 0 Å². The molecule has 1 aliphatic rings. The van der Waals surface area contributed by atoms with Crippen LogP contribution in [0.2, 0.25) is 0 Å². The summed E-state index contributed by atoms with van der Waals surface area (Å²) in [6, 6.07) is 5.67. The van der Waals surface area contributed by atoms with Crippen LogP contribution in [-0.2, 0) is 4.79 Å². The minimum Gasteiger partial charge on any atom is -0.484 e. The molecule has 6 heteroatoms. The number of nitrogens with one attached hydrogen (secondary N) is 1. The van der Waals surface area contributed by atoms with E-state index >= 15 is 0 Å². The molecule has 4 nitrogen and oxygen atoms in total. The van der Waals surface area contributed by atoms with E-state index in [0.29, 0.717) is 10.9 Å². The minimum absolute atomic E-state index is 0.150. The number of carbonyl (C=O) groups excluding carboxylic acids is 1. The van der Waals surface area contributed by atoms with Gasteiger partial charge >= 0.3 is 0 Å². The van der Waals surface area contributed by atoms with E-state index in [-0.39, 0.29) is 12.5 Å². The van der Waals surface area contributed by atoms with Crippen LogP contribution in [0.3, 0.4) is 0 Å². The number of benzene rings is 1. The van der Waals surface area contributed by atoms with Gasteiger partial charge in [0, 0.05) is 11.8 Å². The van der Waals surface area contributed by atoms with Gasteiger partial charge in [0.2, 0.25) is 0 Å². The average Bonchev–Trinajstić information content (AvgIpc) is 2.79. The second-order valence-electron chi connectivity index (χ2n) is 3.33. The number of amidine groups is 1. The van der Waals surface area contributed by atoms with Crippen molar-refractivity contribution in [1.29, 1.82) is 0 Å². The van der Waals surface area contributed by atoms with Crippen LogP contribution in [0.25, 0.3) is 0 Å². The Morgan fingerprint density at radius 2 is 2.47 bits per heavy atom. The Labute approximate surface area is 102 Å². The maximum atomic E-state index is 12.8. The Hall–Kier alpha value is -1.56. The van der Waals surface area contributed by atoms with E-state index in [1.54, 1.807) is 6.07 Å². The Kier molecular flexibility index (Phi) is 3.98. The zero-order valence-corrected chi connectivity index (χ0v) is 9.80. The van der Waals surface area contributed by atoms with Gasteiger partial charge in [-0.25, -0.2) is 4.39 Å². The van der Waals surface area contributed by atoms with Crippen molar-refractivity contribution in [2.24, 2.45) is 4.99 Å². The van der Waals surface area contributed by atoms with Crippen LogP contribution in [0.5, 0.6) is 5.75 Å². The number of ether oxygens (including phenoxy) is 1. The van der Waals surface area contributed by atoms with E-state index in [4.69, 9.17) is 4.74 Å². The molecule has 0 bridgehead atoms. The number of rotatable bonds is 3. The highest BCUT2D eigenvalue weighted by Gasteiger charge is 2.11. The first-order valence-corrected chi connectivity index (χ1v) is 6.08. The largest absolute Gasteiger partial charge is 0.484 e. The summed E-state index contributed by atoms with van der Waals surface area (Å²) >= 11 is 1.50. The Morgan fingerprint density at radius 3 is 3.18 bits per heavy atom. The SMILES string of the molecule is O=C(COc1cccc(F)c1)NC1=NCCS1. The van der Waals surface area contributed by atoms with Gasteiger partial charge in [0.05, 0.1) is 6.54 Å². The summed E-state index contributed by atoms with van der Waals surface area (Å²) in [5.74, 6) is 0.544. The van der Waals surface area contributed by atoms with Gasteiger partial charge in [-0.1, -0.05) is 17.8 Å². The molecule has 1 aromatic rings. The van der Waals surface area contributed by atoms with Crippen LogP contribution in [0, 0.1) is 5.82 Å². The molecule has 1 N–H and O–H groups in total. The van der Waals surface area contributed by atoms with Crippen molar-refractivity contribution in [3.05, 3.63) is 30.1 Å². The summed E-state index contributed by atoms with van der Waals surface area (Å²) in [6.45, 7) is 0.577. The zero-order chi connectivity index (χ0) is 12.1. The van der Waals surface area contributed by atoms with E-state index in [1.807, 2.05) is 0 Å². The molecule has 0 spiro atoms. The van der Waals surface area contributed by atoms with Crippen LogP contribution in [0.15, 0.2) is 29.3 Å². The third kappa shape index (κ3) is 3.74. The maximum absolute atomic E-state index is 12.8. The number of nitrogens with zero attached hydrogens (tertiary/aromatic N) is 1. The molecule has 1 amide bonds. The number of aliphatic imine (C=N–C) groups is 1. The summed E-state index contributed by atoms with van der Waals surface area (Å²) in [7, 11) is 0. The van der Waals surface area contributed by atoms with E-state index in [2.05, 4.69) is 10.3 Å². The van der Waals surface area contributed by atoms with Crippen molar-refractivity contribution in [3.63, 3.8) is 0 Å². The quantitative estimate of drug-likeness (QED) is 0.887. The normalized spacial score (nSPS) is 14.3. The molecule has 2 rings (SSSR count). The lowest BCUT2D eigenvalue weighted by Crippen LogP contribution is -2.32. The Bertz CT molecular complexity index is 451. The molecule has 17 heavy (non-hydrogen) atoms. The van der Waals surface area contributed by atoms with E-state index < -0.39 is 5.82 Å². The monoisotopic (exact) mass is 254 g/mol. The summed E-state index contributed by atoms with van der Waals surface area (Å²) in [4.78, 5) is 15.5.